The number of aryl methyl sites for hydroxylation is 2. The van der Waals surface area contributed by atoms with Gasteiger partial charge < -0.3 is 10.1 Å². The summed E-state index contributed by atoms with van der Waals surface area (Å²) in [5.41, 5.74) is 4.66. The van der Waals surface area contributed by atoms with Gasteiger partial charge in [-0.3, -0.25) is 18.8 Å². The molecule has 4 aromatic rings. The van der Waals surface area contributed by atoms with E-state index >= 15 is 0 Å². The highest BCUT2D eigenvalue weighted by Crippen LogP contribution is 2.26. The van der Waals surface area contributed by atoms with Crippen molar-refractivity contribution in [2.75, 3.05) is 38.2 Å². The maximum absolute atomic E-state index is 13.9. The Bertz CT molecular complexity index is 1420. The zero-order valence-electron chi connectivity index (χ0n) is 21.3. The zero-order chi connectivity index (χ0) is 25.8. The molecule has 1 N–H and O–H groups in total. The predicted octanol–water partition coefficient (Wildman–Crippen LogP) is 4.63. The number of carbonyl (C=O) groups is 1. The van der Waals surface area contributed by atoms with E-state index in [9.17, 15) is 9.59 Å². The number of anilines is 1. The SMILES string of the molecule is Cc1ccc(NC(=O)c2c(-c3ccccc3)n(Cc3cccs3)c(=O)n2CCN2CCOCC2)cc1C. The topological polar surface area (TPSA) is 68.5 Å². The fraction of sp³-hybridized carbons (Fsp3) is 0.310. The van der Waals surface area contributed by atoms with Crippen LogP contribution in [0.5, 0.6) is 0 Å². The van der Waals surface area contributed by atoms with Gasteiger partial charge in [0.2, 0.25) is 0 Å². The number of aromatic nitrogens is 2. The fourth-order valence-corrected chi connectivity index (χ4v) is 5.39. The molecular weight excluding hydrogens is 484 g/mol. The van der Waals surface area contributed by atoms with Crippen LogP contribution in [0.2, 0.25) is 0 Å². The van der Waals surface area contributed by atoms with E-state index in [1.807, 2.05) is 79.9 Å². The van der Waals surface area contributed by atoms with Gasteiger partial charge in [0.1, 0.15) is 5.69 Å². The molecule has 37 heavy (non-hydrogen) atoms. The van der Waals surface area contributed by atoms with E-state index in [0.29, 0.717) is 49.9 Å². The lowest BCUT2D eigenvalue weighted by Crippen LogP contribution is -2.40. The molecule has 192 valence electrons. The Labute approximate surface area is 220 Å². The van der Waals surface area contributed by atoms with Crippen LogP contribution < -0.4 is 11.0 Å². The molecule has 2 aromatic carbocycles. The number of morpholine rings is 1. The highest BCUT2D eigenvalue weighted by atomic mass is 32.1. The molecule has 5 rings (SSSR count). The summed E-state index contributed by atoms with van der Waals surface area (Å²) < 4.78 is 8.88. The third-order valence-electron chi connectivity index (χ3n) is 6.89. The molecule has 0 radical (unpaired) electrons. The summed E-state index contributed by atoms with van der Waals surface area (Å²) in [6.45, 7) is 8.58. The average Bonchev–Trinajstić information content (AvgIpc) is 3.53. The molecule has 1 aliphatic heterocycles. The van der Waals surface area contributed by atoms with Gasteiger partial charge in [-0.2, -0.15) is 0 Å². The second-order valence-electron chi connectivity index (χ2n) is 9.37. The molecule has 0 saturated carbocycles. The highest BCUT2D eigenvalue weighted by Gasteiger charge is 2.27. The van der Waals surface area contributed by atoms with Gasteiger partial charge in [-0.05, 0) is 48.6 Å². The minimum Gasteiger partial charge on any atom is -0.379 e. The van der Waals surface area contributed by atoms with Gasteiger partial charge in [-0.25, -0.2) is 4.79 Å². The summed E-state index contributed by atoms with van der Waals surface area (Å²) in [5.74, 6) is -0.286. The maximum Gasteiger partial charge on any atom is 0.329 e. The number of ether oxygens (including phenoxy) is 1. The maximum atomic E-state index is 13.9. The van der Waals surface area contributed by atoms with E-state index in [-0.39, 0.29) is 11.6 Å². The quantitative estimate of drug-likeness (QED) is 0.371. The van der Waals surface area contributed by atoms with Gasteiger partial charge in [0.15, 0.2) is 0 Å². The van der Waals surface area contributed by atoms with Crippen LogP contribution >= 0.6 is 11.3 Å². The third-order valence-corrected chi connectivity index (χ3v) is 7.75. The molecule has 0 unspecified atom stereocenters. The van der Waals surface area contributed by atoms with E-state index < -0.39 is 0 Å². The number of hydrogen-bond donors (Lipinski definition) is 1. The van der Waals surface area contributed by atoms with Crippen molar-refractivity contribution >= 4 is 22.9 Å². The minimum atomic E-state index is -0.286. The van der Waals surface area contributed by atoms with E-state index in [1.165, 1.54) is 0 Å². The number of nitrogens with one attached hydrogen (secondary N) is 1. The Balaban J connectivity index is 1.61. The van der Waals surface area contributed by atoms with Crippen LogP contribution in [-0.2, 0) is 17.8 Å². The van der Waals surface area contributed by atoms with Crippen LogP contribution in [0.25, 0.3) is 11.3 Å². The molecule has 1 amide bonds. The molecule has 0 spiro atoms. The van der Waals surface area contributed by atoms with Gasteiger partial charge in [-0.15, -0.1) is 11.3 Å². The number of benzene rings is 2. The summed E-state index contributed by atoms with van der Waals surface area (Å²) in [7, 11) is 0. The van der Waals surface area contributed by atoms with E-state index in [1.54, 1.807) is 20.5 Å². The van der Waals surface area contributed by atoms with Crippen LogP contribution in [0, 0.1) is 13.8 Å². The molecule has 8 heteroatoms. The molecule has 3 heterocycles. The van der Waals surface area contributed by atoms with Crippen LogP contribution in [0.4, 0.5) is 5.69 Å². The number of hydrogen-bond acceptors (Lipinski definition) is 5. The Morgan fingerprint density at radius 2 is 1.73 bits per heavy atom. The van der Waals surface area contributed by atoms with E-state index in [0.717, 1.165) is 34.7 Å². The molecule has 0 atom stereocenters. The van der Waals surface area contributed by atoms with Crippen molar-refractivity contribution < 1.29 is 9.53 Å². The van der Waals surface area contributed by atoms with Crippen molar-refractivity contribution in [2.24, 2.45) is 0 Å². The van der Waals surface area contributed by atoms with Crippen LogP contribution in [0.1, 0.15) is 26.5 Å². The van der Waals surface area contributed by atoms with Gasteiger partial charge in [0, 0.05) is 42.3 Å². The Morgan fingerprint density at radius 1 is 0.946 bits per heavy atom. The standard InChI is InChI=1S/C29H32N4O3S/c1-21-10-11-24(19-22(21)2)30-28(34)27-26(23-7-4-3-5-8-23)33(20-25-9-6-18-37-25)29(35)32(27)13-12-31-14-16-36-17-15-31/h3-11,18-19H,12-17,20H2,1-2H3,(H,30,34). The van der Waals surface area contributed by atoms with Crippen molar-refractivity contribution in [1.82, 2.24) is 14.0 Å². The predicted molar refractivity (Wildman–Crippen MR) is 149 cm³/mol. The molecule has 1 fully saturated rings. The van der Waals surface area contributed by atoms with Gasteiger partial charge in [0.05, 0.1) is 25.5 Å². The van der Waals surface area contributed by atoms with Gasteiger partial charge >= 0.3 is 5.69 Å². The minimum absolute atomic E-state index is 0.175. The Hall–Kier alpha value is -3.46. The molecule has 1 aliphatic rings. The van der Waals surface area contributed by atoms with E-state index in [2.05, 4.69) is 10.2 Å². The summed E-state index contributed by atoms with van der Waals surface area (Å²) in [5, 5.41) is 5.08. The highest BCUT2D eigenvalue weighted by molar-refractivity contribution is 7.09. The average molecular weight is 517 g/mol. The molecule has 0 aliphatic carbocycles. The molecule has 2 aromatic heterocycles. The van der Waals surface area contributed by atoms with Crippen LogP contribution in [0.3, 0.4) is 0 Å². The van der Waals surface area contributed by atoms with Crippen LogP contribution in [-0.4, -0.2) is 52.8 Å². The molecule has 7 nitrogen and oxygen atoms in total. The van der Waals surface area contributed by atoms with Crippen molar-refractivity contribution in [3.8, 4) is 11.3 Å². The lowest BCUT2D eigenvalue weighted by molar-refractivity contribution is 0.0361. The first kappa shape index (κ1) is 25.2. The molecule has 0 bridgehead atoms. The summed E-state index contributed by atoms with van der Waals surface area (Å²) in [6.07, 6.45) is 0. The van der Waals surface area contributed by atoms with Crippen molar-refractivity contribution in [3.63, 3.8) is 0 Å². The normalized spacial score (nSPS) is 14.1. The number of thiophene rings is 1. The number of rotatable bonds is 8. The second-order valence-corrected chi connectivity index (χ2v) is 10.4. The summed E-state index contributed by atoms with van der Waals surface area (Å²) >= 11 is 1.60. The molecule has 1 saturated heterocycles. The van der Waals surface area contributed by atoms with Gasteiger partial charge in [0.25, 0.3) is 5.91 Å². The number of amides is 1. The zero-order valence-corrected chi connectivity index (χ0v) is 22.1. The smallest absolute Gasteiger partial charge is 0.329 e. The second kappa shape index (κ2) is 11.3. The van der Waals surface area contributed by atoms with E-state index in [4.69, 9.17) is 4.74 Å². The van der Waals surface area contributed by atoms with Crippen molar-refractivity contribution in [3.05, 3.63) is 98.2 Å². The third kappa shape index (κ3) is 5.61. The Morgan fingerprint density at radius 3 is 2.43 bits per heavy atom. The molecular formula is C29H32N4O3S. The number of imidazole rings is 1. The summed E-state index contributed by atoms with van der Waals surface area (Å²) in [4.78, 5) is 31.2. The van der Waals surface area contributed by atoms with Crippen molar-refractivity contribution in [1.29, 1.82) is 0 Å². The first-order chi connectivity index (χ1) is 18.0. The lowest BCUT2D eigenvalue weighted by Gasteiger charge is -2.26. The largest absolute Gasteiger partial charge is 0.379 e. The lowest BCUT2D eigenvalue weighted by atomic mass is 10.1. The Kier molecular flexibility index (Phi) is 7.69. The first-order valence-corrected chi connectivity index (χ1v) is 13.5. The number of carbonyl (C=O) groups excluding carboxylic acids is 1. The van der Waals surface area contributed by atoms with Crippen molar-refractivity contribution in [2.45, 2.75) is 26.9 Å². The summed E-state index contributed by atoms with van der Waals surface area (Å²) in [6, 6.07) is 19.6. The first-order valence-electron chi connectivity index (χ1n) is 12.6. The van der Waals surface area contributed by atoms with Crippen LogP contribution in [0.15, 0.2) is 70.8 Å². The monoisotopic (exact) mass is 516 g/mol. The number of nitrogens with zero attached hydrogens (tertiary/aromatic N) is 3. The van der Waals surface area contributed by atoms with Gasteiger partial charge in [-0.1, -0.05) is 42.5 Å². The fourth-order valence-electron chi connectivity index (χ4n) is 4.70.